The fourth-order valence-electron chi connectivity index (χ4n) is 1.83. The number of benzene rings is 1. The van der Waals surface area contributed by atoms with Crippen molar-refractivity contribution in [1.29, 1.82) is 0 Å². The van der Waals surface area contributed by atoms with Crippen LogP contribution in [0, 0.1) is 0 Å². The highest BCUT2D eigenvalue weighted by Gasteiger charge is 2.06. The minimum atomic E-state index is 0.609. The van der Waals surface area contributed by atoms with Gasteiger partial charge in [0.25, 0.3) is 0 Å². The van der Waals surface area contributed by atoms with Gasteiger partial charge in [-0.05, 0) is 18.9 Å². The highest BCUT2D eigenvalue weighted by atomic mass is 16.5. The van der Waals surface area contributed by atoms with Crippen molar-refractivity contribution in [2.75, 3.05) is 0 Å². The minimum absolute atomic E-state index is 0.609. The fraction of sp³-hybridized carbons (Fsp3) is 0.143. The second kappa shape index (κ2) is 4.37. The molecule has 2 aromatic rings. The molecule has 0 unspecified atom stereocenters. The average molecular weight is 224 g/mol. The second-order valence-electron chi connectivity index (χ2n) is 3.93. The van der Waals surface area contributed by atoms with Gasteiger partial charge >= 0.3 is 0 Å². The van der Waals surface area contributed by atoms with Crippen molar-refractivity contribution in [3.8, 4) is 11.6 Å². The molecule has 3 rings (SSSR count). The summed E-state index contributed by atoms with van der Waals surface area (Å²) in [6, 6.07) is 9.85. The highest BCUT2D eigenvalue weighted by molar-refractivity contribution is 5.57. The number of hydrogen-bond acceptors (Lipinski definition) is 3. The molecule has 3 heteroatoms. The van der Waals surface area contributed by atoms with Crippen LogP contribution in [0.1, 0.15) is 17.7 Å². The van der Waals surface area contributed by atoms with Crippen LogP contribution in [0.4, 0.5) is 0 Å². The number of ether oxygens (including phenoxy) is 1. The SMILES string of the molecule is C1=C/c2ccccc2Oc2cc(ncn2)CC/1. The summed E-state index contributed by atoms with van der Waals surface area (Å²) in [5.74, 6) is 1.44. The van der Waals surface area contributed by atoms with Crippen LogP contribution in [0.5, 0.6) is 11.6 Å². The van der Waals surface area contributed by atoms with Gasteiger partial charge in [-0.3, -0.25) is 0 Å². The van der Waals surface area contributed by atoms with E-state index in [0.29, 0.717) is 5.88 Å². The number of nitrogens with zero attached hydrogens (tertiary/aromatic N) is 2. The van der Waals surface area contributed by atoms with Gasteiger partial charge in [0.15, 0.2) is 0 Å². The maximum atomic E-state index is 5.77. The van der Waals surface area contributed by atoms with Crippen LogP contribution in [-0.4, -0.2) is 9.97 Å². The molecule has 2 bridgehead atoms. The van der Waals surface area contributed by atoms with Crippen LogP contribution >= 0.6 is 0 Å². The van der Waals surface area contributed by atoms with Crippen molar-refractivity contribution in [2.24, 2.45) is 0 Å². The summed E-state index contributed by atoms with van der Waals surface area (Å²) in [6.45, 7) is 0. The number of rotatable bonds is 0. The van der Waals surface area contributed by atoms with Crippen molar-refractivity contribution in [2.45, 2.75) is 12.8 Å². The number of fused-ring (bicyclic) bond motifs is 3. The Morgan fingerprint density at radius 1 is 1.12 bits per heavy atom. The second-order valence-corrected chi connectivity index (χ2v) is 3.93. The minimum Gasteiger partial charge on any atom is -0.438 e. The Bertz CT molecular complexity index is 564. The molecular weight excluding hydrogens is 212 g/mol. The van der Waals surface area contributed by atoms with Crippen LogP contribution in [0.2, 0.25) is 0 Å². The lowest BCUT2D eigenvalue weighted by atomic mass is 10.1. The summed E-state index contributed by atoms with van der Waals surface area (Å²) in [5.41, 5.74) is 2.09. The molecule has 0 saturated heterocycles. The number of allylic oxidation sites excluding steroid dienone is 1. The molecular formula is C14H12N2O. The zero-order valence-corrected chi connectivity index (χ0v) is 9.34. The molecule has 0 radical (unpaired) electrons. The first-order valence-electron chi connectivity index (χ1n) is 5.66. The molecule has 3 nitrogen and oxygen atoms in total. The Hall–Kier alpha value is -2.16. The molecule has 1 aromatic heterocycles. The smallest absolute Gasteiger partial charge is 0.222 e. The number of hydrogen-bond donors (Lipinski definition) is 0. The maximum absolute atomic E-state index is 5.77. The van der Waals surface area contributed by atoms with Crippen LogP contribution < -0.4 is 4.74 Å². The van der Waals surface area contributed by atoms with Gasteiger partial charge in [-0.25, -0.2) is 9.97 Å². The summed E-state index contributed by atoms with van der Waals surface area (Å²) < 4.78 is 5.77. The standard InChI is InChI=1S/C14H12N2O/c1-3-7-12-9-14(16-10-15-12)17-13-8-4-2-6-11(13)5-1/h1-2,4-6,8-10H,3,7H2/b5-1+. The van der Waals surface area contributed by atoms with E-state index in [1.807, 2.05) is 30.3 Å². The molecule has 0 aliphatic carbocycles. The van der Waals surface area contributed by atoms with Crippen molar-refractivity contribution in [3.05, 3.63) is 54.0 Å². The van der Waals surface area contributed by atoms with E-state index in [-0.39, 0.29) is 0 Å². The van der Waals surface area contributed by atoms with Crippen LogP contribution in [-0.2, 0) is 6.42 Å². The third-order valence-electron chi connectivity index (χ3n) is 2.70. The fourth-order valence-corrected chi connectivity index (χ4v) is 1.83. The normalized spacial score (nSPS) is 15.5. The van der Waals surface area contributed by atoms with Crippen molar-refractivity contribution < 1.29 is 4.74 Å². The van der Waals surface area contributed by atoms with Gasteiger partial charge in [0, 0.05) is 17.3 Å². The Labute approximate surface area is 99.8 Å². The zero-order valence-electron chi connectivity index (χ0n) is 9.34. The Morgan fingerprint density at radius 3 is 3.06 bits per heavy atom. The number of aryl methyl sites for hydroxylation is 1. The predicted molar refractivity (Wildman–Crippen MR) is 65.9 cm³/mol. The molecule has 0 N–H and O–H groups in total. The van der Waals surface area contributed by atoms with Crippen LogP contribution in [0.25, 0.3) is 6.08 Å². The Morgan fingerprint density at radius 2 is 2.06 bits per heavy atom. The van der Waals surface area contributed by atoms with Gasteiger partial charge in [-0.15, -0.1) is 0 Å². The molecule has 0 amide bonds. The van der Waals surface area contributed by atoms with E-state index >= 15 is 0 Å². The first-order chi connectivity index (χ1) is 8.42. The molecule has 2 heterocycles. The predicted octanol–water partition coefficient (Wildman–Crippen LogP) is 3.23. The van der Waals surface area contributed by atoms with Gasteiger partial charge in [0.1, 0.15) is 12.1 Å². The quantitative estimate of drug-likeness (QED) is 0.689. The summed E-state index contributed by atoms with van der Waals surface area (Å²) in [5, 5.41) is 0. The lowest BCUT2D eigenvalue weighted by molar-refractivity contribution is 0.459. The average Bonchev–Trinajstić information content (AvgIpc) is 2.36. The topological polar surface area (TPSA) is 35.0 Å². The third kappa shape index (κ3) is 2.18. The van der Waals surface area contributed by atoms with Gasteiger partial charge in [-0.1, -0.05) is 30.4 Å². The van der Waals surface area contributed by atoms with Crippen LogP contribution in [0.3, 0.4) is 0 Å². The largest absolute Gasteiger partial charge is 0.438 e. The van der Waals surface area contributed by atoms with E-state index in [2.05, 4.69) is 22.1 Å². The Balaban J connectivity index is 2.07. The summed E-state index contributed by atoms with van der Waals surface area (Å²) in [6.07, 6.45) is 7.68. The summed E-state index contributed by atoms with van der Waals surface area (Å²) in [7, 11) is 0. The van der Waals surface area contributed by atoms with Crippen molar-refractivity contribution in [1.82, 2.24) is 9.97 Å². The lowest BCUT2D eigenvalue weighted by Gasteiger charge is -2.10. The van der Waals surface area contributed by atoms with E-state index in [1.54, 1.807) is 6.33 Å². The molecule has 0 saturated carbocycles. The van der Waals surface area contributed by atoms with Gasteiger partial charge < -0.3 is 4.74 Å². The van der Waals surface area contributed by atoms with E-state index < -0.39 is 0 Å². The highest BCUT2D eigenvalue weighted by Crippen LogP contribution is 2.26. The van der Waals surface area contributed by atoms with E-state index in [1.165, 1.54) is 0 Å². The maximum Gasteiger partial charge on any atom is 0.222 e. The molecule has 0 fully saturated rings. The molecule has 84 valence electrons. The van der Waals surface area contributed by atoms with E-state index in [4.69, 9.17) is 4.74 Å². The molecule has 0 atom stereocenters. The molecule has 1 aromatic carbocycles. The van der Waals surface area contributed by atoms with Crippen molar-refractivity contribution >= 4 is 6.08 Å². The van der Waals surface area contributed by atoms with Gasteiger partial charge in [0.05, 0.1) is 0 Å². The Kier molecular flexibility index (Phi) is 2.58. The number of para-hydroxylation sites is 1. The molecule has 1 aliphatic rings. The zero-order chi connectivity index (χ0) is 11.5. The first-order valence-corrected chi connectivity index (χ1v) is 5.66. The number of aromatic nitrogens is 2. The van der Waals surface area contributed by atoms with Gasteiger partial charge in [0.2, 0.25) is 5.88 Å². The van der Waals surface area contributed by atoms with Crippen LogP contribution in [0.15, 0.2) is 42.7 Å². The summed E-state index contributed by atoms with van der Waals surface area (Å²) in [4.78, 5) is 8.34. The monoisotopic (exact) mass is 224 g/mol. The molecule has 1 aliphatic heterocycles. The summed E-state index contributed by atoms with van der Waals surface area (Å²) >= 11 is 0. The molecule has 0 spiro atoms. The first kappa shape index (κ1) is 10.0. The third-order valence-corrected chi connectivity index (χ3v) is 2.70. The van der Waals surface area contributed by atoms with E-state index in [9.17, 15) is 0 Å². The van der Waals surface area contributed by atoms with E-state index in [0.717, 1.165) is 29.8 Å². The molecule has 17 heavy (non-hydrogen) atoms. The lowest BCUT2D eigenvalue weighted by Crippen LogP contribution is -1.96. The van der Waals surface area contributed by atoms with Crippen molar-refractivity contribution in [3.63, 3.8) is 0 Å². The van der Waals surface area contributed by atoms with Gasteiger partial charge in [-0.2, -0.15) is 0 Å².